The first-order valence-corrected chi connectivity index (χ1v) is 6.68. The molecule has 0 radical (unpaired) electrons. The summed E-state index contributed by atoms with van der Waals surface area (Å²) in [5.41, 5.74) is 1.35. The van der Waals surface area contributed by atoms with E-state index >= 15 is 0 Å². The van der Waals surface area contributed by atoms with Crippen molar-refractivity contribution < 1.29 is 13.9 Å². The lowest BCUT2D eigenvalue weighted by molar-refractivity contribution is 0.0286. The number of ether oxygens (including phenoxy) is 1. The van der Waals surface area contributed by atoms with Crippen LogP contribution in [0.25, 0.3) is 11.2 Å². The number of carbonyl (C=O) groups excluding carboxylic acids is 1. The molecule has 3 rings (SSSR count). The summed E-state index contributed by atoms with van der Waals surface area (Å²) in [6.07, 6.45) is 2.55. The number of hydrogen-bond donors (Lipinski definition) is 1. The van der Waals surface area contributed by atoms with Crippen LogP contribution in [0.5, 0.6) is 0 Å². The molecule has 0 saturated carbocycles. The Morgan fingerprint density at radius 2 is 2.40 bits per heavy atom. The first kappa shape index (κ1) is 12.9. The van der Waals surface area contributed by atoms with Crippen molar-refractivity contribution in [2.45, 2.75) is 13.0 Å². The third-order valence-corrected chi connectivity index (χ3v) is 3.15. The number of nitrogens with one attached hydrogen (secondary N) is 1. The summed E-state index contributed by atoms with van der Waals surface area (Å²) in [4.78, 5) is 23.3. The molecule has 0 amide bonds. The zero-order chi connectivity index (χ0) is 14.1. The van der Waals surface area contributed by atoms with Gasteiger partial charge in [0.05, 0.1) is 11.8 Å². The minimum atomic E-state index is -0.530. The molecule has 102 valence electrons. The van der Waals surface area contributed by atoms with E-state index < -0.39 is 12.1 Å². The Hall–Kier alpha value is -2.15. The summed E-state index contributed by atoms with van der Waals surface area (Å²) in [6.45, 7) is 1.73. The standard InChI is InChI=1S/C13H10BrN3O3/c1-7(20-13(18)10-3-2-4-19-10)11-16-9-5-8(14)6-15-12(9)17-11/h2-7H,1H3,(H,15,16,17). The van der Waals surface area contributed by atoms with Crippen LogP contribution in [-0.2, 0) is 4.74 Å². The number of rotatable bonds is 3. The van der Waals surface area contributed by atoms with Crippen molar-refractivity contribution in [1.29, 1.82) is 0 Å². The van der Waals surface area contributed by atoms with Gasteiger partial charge in [-0.2, -0.15) is 0 Å². The van der Waals surface area contributed by atoms with Gasteiger partial charge in [-0.3, -0.25) is 0 Å². The smallest absolute Gasteiger partial charge is 0.374 e. The molecular formula is C13H10BrN3O3. The summed E-state index contributed by atoms with van der Waals surface area (Å²) in [5.74, 6) is 0.163. The van der Waals surface area contributed by atoms with Gasteiger partial charge in [0, 0.05) is 10.7 Å². The van der Waals surface area contributed by atoms with Crippen molar-refractivity contribution in [2.75, 3.05) is 0 Å². The molecule has 0 aliphatic rings. The Balaban J connectivity index is 1.81. The molecule has 6 nitrogen and oxygen atoms in total. The van der Waals surface area contributed by atoms with E-state index in [0.717, 1.165) is 9.99 Å². The number of aromatic amines is 1. The van der Waals surface area contributed by atoms with Gasteiger partial charge in [-0.25, -0.2) is 14.8 Å². The molecule has 3 heterocycles. The number of furan rings is 1. The highest BCUT2D eigenvalue weighted by Gasteiger charge is 2.18. The van der Waals surface area contributed by atoms with Gasteiger partial charge in [0.15, 0.2) is 11.8 Å². The van der Waals surface area contributed by atoms with Crippen molar-refractivity contribution in [3.63, 3.8) is 0 Å². The normalized spacial score (nSPS) is 12.5. The van der Waals surface area contributed by atoms with E-state index in [-0.39, 0.29) is 5.76 Å². The Morgan fingerprint density at radius 3 is 3.15 bits per heavy atom. The Kier molecular flexibility index (Phi) is 3.27. The van der Waals surface area contributed by atoms with Gasteiger partial charge in [0.1, 0.15) is 5.82 Å². The fourth-order valence-electron chi connectivity index (χ4n) is 1.75. The van der Waals surface area contributed by atoms with Crippen molar-refractivity contribution in [1.82, 2.24) is 15.0 Å². The molecule has 1 atom stereocenters. The highest BCUT2D eigenvalue weighted by atomic mass is 79.9. The number of aromatic nitrogens is 3. The number of esters is 1. The van der Waals surface area contributed by atoms with Crippen LogP contribution in [0.3, 0.4) is 0 Å². The summed E-state index contributed by atoms with van der Waals surface area (Å²) >= 11 is 3.34. The maximum atomic E-state index is 11.8. The number of nitrogens with zero attached hydrogens (tertiary/aromatic N) is 2. The van der Waals surface area contributed by atoms with Gasteiger partial charge in [0.2, 0.25) is 5.76 Å². The average molecular weight is 336 g/mol. The predicted octanol–water partition coefficient (Wildman–Crippen LogP) is 3.23. The molecule has 0 aliphatic carbocycles. The summed E-state index contributed by atoms with van der Waals surface area (Å²) in [5, 5.41) is 0. The van der Waals surface area contributed by atoms with Gasteiger partial charge in [-0.15, -0.1) is 0 Å². The third-order valence-electron chi connectivity index (χ3n) is 2.71. The van der Waals surface area contributed by atoms with Crippen molar-refractivity contribution in [3.8, 4) is 0 Å². The van der Waals surface area contributed by atoms with Gasteiger partial charge in [-0.1, -0.05) is 0 Å². The molecule has 0 bridgehead atoms. The van der Waals surface area contributed by atoms with Crippen molar-refractivity contribution in [2.24, 2.45) is 0 Å². The van der Waals surface area contributed by atoms with Crippen LogP contribution < -0.4 is 0 Å². The Morgan fingerprint density at radius 1 is 1.55 bits per heavy atom. The van der Waals surface area contributed by atoms with E-state index in [0.29, 0.717) is 11.5 Å². The van der Waals surface area contributed by atoms with Crippen LogP contribution in [0.2, 0.25) is 0 Å². The molecule has 0 fully saturated rings. The zero-order valence-corrected chi connectivity index (χ0v) is 12.0. The van der Waals surface area contributed by atoms with E-state index in [1.54, 1.807) is 25.3 Å². The lowest BCUT2D eigenvalue weighted by Gasteiger charge is -2.08. The number of halogens is 1. The van der Waals surface area contributed by atoms with Gasteiger partial charge < -0.3 is 14.1 Å². The van der Waals surface area contributed by atoms with E-state index in [1.807, 2.05) is 6.07 Å². The molecule has 3 aromatic heterocycles. The van der Waals surface area contributed by atoms with Gasteiger partial charge in [-0.05, 0) is 41.1 Å². The van der Waals surface area contributed by atoms with Gasteiger partial charge in [0.25, 0.3) is 0 Å². The quantitative estimate of drug-likeness (QED) is 0.743. The topological polar surface area (TPSA) is 81.0 Å². The summed E-state index contributed by atoms with van der Waals surface area (Å²) in [7, 11) is 0. The molecule has 20 heavy (non-hydrogen) atoms. The highest BCUT2D eigenvalue weighted by molar-refractivity contribution is 9.10. The maximum Gasteiger partial charge on any atom is 0.374 e. The molecule has 7 heteroatoms. The van der Waals surface area contributed by atoms with E-state index in [4.69, 9.17) is 9.15 Å². The fourth-order valence-corrected chi connectivity index (χ4v) is 2.09. The predicted molar refractivity (Wildman–Crippen MR) is 74.1 cm³/mol. The number of pyridine rings is 1. The first-order valence-electron chi connectivity index (χ1n) is 5.89. The zero-order valence-electron chi connectivity index (χ0n) is 10.5. The minimum Gasteiger partial charge on any atom is -0.457 e. The fraction of sp³-hybridized carbons (Fsp3) is 0.154. The van der Waals surface area contributed by atoms with Crippen LogP contribution in [-0.4, -0.2) is 20.9 Å². The second-order valence-electron chi connectivity index (χ2n) is 4.17. The molecular weight excluding hydrogens is 326 g/mol. The SMILES string of the molecule is CC(OC(=O)c1ccco1)c1nc2ncc(Br)cc2[nH]1. The van der Waals surface area contributed by atoms with Crippen LogP contribution in [0.15, 0.2) is 39.5 Å². The number of hydrogen-bond acceptors (Lipinski definition) is 5. The lowest BCUT2D eigenvalue weighted by Crippen LogP contribution is -2.09. The molecule has 1 unspecified atom stereocenters. The number of H-pyrrole nitrogens is 1. The number of imidazole rings is 1. The van der Waals surface area contributed by atoms with E-state index in [1.165, 1.54) is 6.26 Å². The first-order chi connectivity index (χ1) is 9.63. The molecule has 0 spiro atoms. The van der Waals surface area contributed by atoms with Crippen molar-refractivity contribution in [3.05, 3.63) is 46.7 Å². The second-order valence-corrected chi connectivity index (χ2v) is 5.09. The Bertz CT molecular complexity index is 751. The summed E-state index contributed by atoms with van der Waals surface area (Å²) < 4.78 is 11.1. The minimum absolute atomic E-state index is 0.161. The third kappa shape index (κ3) is 2.44. The lowest BCUT2D eigenvalue weighted by atomic mass is 10.4. The van der Waals surface area contributed by atoms with Crippen LogP contribution in [0.4, 0.5) is 0 Å². The monoisotopic (exact) mass is 335 g/mol. The molecule has 1 N–H and O–H groups in total. The summed E-state index contributed by atoms with van der Waals surface area (Å²) in [6, 6.07) is 5.04. The maximum absolute atomic E-state index is 11.8. The van der Waals surface area contributed by atoms with Crippen LogP contribution >= 0.6 is 15.9 Å². The van der Waals surface area contributed by atoms with Crippen LogP contribution in [0.1, 0.15) is 29.4 Å². The molecule has 0 aromatic carbocycles. The highest BCUT2D eigenvalue weighted by Crippen LogP contribution is 2.21. The van der Waals surface area contributed by atoms with Crippen LogP contribution in [0, 0.1) is 0 Å². The van der Waals surface area contributed by atoms with E-state index in [2.05, 4.69) is 30.9 Å². The van der Waals surface area contributed by atoms with Gasteiger partial charge >= 0.3 is 5.97 Å². The molecule has 0 aliphatic heterocycles. The Labute approximate surface area is 122 Å². The molecule has 3 aromatic rings. The number of fused-ring (bicyclic) bond motifs is 1. The largest absolute Gasteiger partial charge is 0.457 e. The average Bonchev–Trinajstić information content (AvgIpc) is 3.07. The van der Waals surface area contributed by atoms with Crippen molar-refractivity contribution >= 4 is 33.1 Å². The second kappa shape index (κ2) is 5.09. The van der Waals surface area contributed by atoms with E-state index in [9.17, 15) is 4.79 Å². The molecule has 0 saturated heterocycles. The number of carbonyl (C=O) groups is 1.